The Hall–Kier alpha value is -4.12. The molecule has 1 aliphatic heterocycles. The molecule has 1 aliphatic rings. The highest BCUT2D eigenvalue weighted by Gasteiger charge is 2.38. The third-order valence-corrected chi connectivity index (χ3v) is 9.03. The van der Waals surface area contributed by atoms with Crippen molar-refractivity contribution < 1.29 is 49.1 Å². The predicted molar refractivity (Wildman–Crippen MR) is 145 cm³/mol. The minimum Gasteiger partial charge on any atom is -0.486 e. The summed E-state index contributed by atoms with van der Waals surface area (Å²) in [6.07, 6.45) is -4.94. The molecule has 0 saturated carbocycles. The summed E-state index contributed by atoms with van der Waals surface area (Å²) in [7, 11) is -8.99. The molecule has 12 nitrogen and oxygen atoms in total. The van der Waals surface area contributed by atoms with Crippen LogP contribution >= 0.6 is 0 Å². The van der Waals surface area contributed by atoms with Crippen molar-refractivity contribution in [1.29, 1.82) is 0 Å². The van der Waals surface area contributed by atoms with E-state index in [1.165, 1.54) is 18.2 Å². The van der Waals surface area contributed by atoms with E-state index >= 15 is 0 Å². The first-order valence-corrected chi connectivity index (χ1v) is 15.5. The lowest BCUT2D eigenvalue weighted by atomic mass is 10.1. The summed E-state index contributed by atoms with van der Waals surface area (Å²) in [5, 5.41) is 5.81. The maximum Gasteiger partial charge on any atom is 0.416 e. The molecule has 2 heterocycles. The Bertz CT molecular complexity index is 1740. The Balaban J connectivity index is 1.68. The third-order valence-electron chi connectivity index (χ3n) is 5.92. The number of hydrogen-bond donors (Lipinski definition) is 2. The van der Waals surface area contributed by atoms with Gasteiger partial charge in [0.25, 0.3) is 20.0 Å². The van der Waals surface area contributed by atoms with Crippen LogP contribution in [0.15, 0.2) is 64.6 Å². The first-order valence-electron chi connectivity index (χ1n) is 12.6. The van der Waals surface area contributed by atoms with Crippen LogP contribution < -0.4 is 13.8 Å². The van der Waals surface area contributed by atoms with Gasteiger partial charge in [-0.1, -0.05) is 12.1 Å². The maximum absolute atomic E-state index is 13.8. The van der Waals surface area contributed by atoms with Crippen LogP contribution in [-0.4, -0.2) is 57.2 Å². The number of ether oxygens (including phenoxy) is 2. The topological polar surface area (TPSA) is 165 Å². The number of sulfonamides is 2. The fraction of sp³-hybridized carbons (Fsp3) is 0.346. The van der Waals surface area contributed by atoms with Gasteiger partial charge >= 0.3 is 12.1 Å². The first kappa shape index (κ1) is 31.8. The van der Waals surface area contributed by atoms with Crippen molar-refractivity contribution in [3.8, 4) is 5.75 Å². The molecule has 0 aliphatic carbocycles. The van der Waals surface area contributed by atoms with Gasteiger partial charge in [0.2, 0.25) is 5.91 Å². The van der Waals surface area contributed by atoms with Crippen molar-refractivity contribution in [3.63, 3.8) is 0 Å². The van der Waals surface area contributed by atoms with Crippen LogP contribution in [0, 0.1) is 0 Å². The monoisotopic (exact) mass is 644 g/mol. The number of esters is 1. The number of rotatable bonds is 8. The van der Waals surface area contributed by atoms with Crippen LogP contribution in [0.1, 0.15) is 38.3 Å². The molecule has 0 fully saturated rings. The Kier molecular flexibility index (Phi) is 8.52. The minimum absolute atomic E-state index is 0.0646. The van der Waals surface area contributed by atoms with Crippen LogP contribution in [0.5, 0.6) is 5.75 Å². The van der Waals surface area contributed by atoms with Crippen molar-refractivity contribution in [1.82, 2.24) is 14.9 Å². The number of nitrogens with zero attached hydrogens (tertiary/aromatic N) is 2. The molecule has 0 radical (unpaired) electrons. The predicted octanol–water partition coefficient (Wildman–Crippen LogP) is 3.16. The molecule has 2 aromatic carbocycles. The number of hydrogen-bond acceptors (Lipinski definition) is 9. The lowest BCUT2D eigenvalue weighted by molar-refractivity contribution is -0.154. The van der Waals surface area contributed by atoms with Gasteiger partial charge in [-0.15, -0.1) is 0 Å². The van der Waals surface area contributed by atoms with Crippen LogP contribution in [0.2, 0.25) is 0 Å². The Morgan fingerprint density at radius 1 is 1.09 bits per heavy atom. The van der Waals surface area contributed by atoms with Crippen LogP contribution in [0.4, 0.5) is 18.9 Å². The number of amides is 1. The average Bonchev–Trinajstić information content (AvgIpc) is 3.43. The summed E-state index contributed by atoms with van der Waals surface area (Å²) in [5.74, 6) is -1.71. The van der Waals surface area contributed by atoms with Gasteiger partial charge in [-0.25, -0.2) is 21.6 Å². The Morgan fingerprint density at radius 2 is 1.81 bits per heavy atom. The fourth-order valence-electron chi connectivity index (χ4n) is 4.15. The highest BCUT2D eigenvalue weighted by molar-refractivity contribution is 7.92. The molecule has 0 bridgehead atoms. The van der Waals surface area contributed by atoms with Gasteiger partial charge in [0.05, 0.1) is 41.7 Å². The summed E-state index contributed by atoms with van der Waals surface area (Å²) in [4.78, 5) is 24.1. The third kappa shape index (κ3) is 7.64. The summed E-state index contributed by atoms with van der Waals surface area (Å²) in [5.41, 5.74) is -1.75. The van der Waals surface area contributed by atoms with Crippen LogP contribution in [0.25, 0.3) is 0 Å². The van der Waals surface area contributed by atoms with Gasteiger partial charge in [-0.05, 0) is 56.7 Å². The molecule has 17 heteroatoms. The molecule has 0 saturated heterocycles. The second-order valence-corrected chi connectivity index (χ2v) is 14.1. The number of alkyl halides is 3. The van der Waals surface area contributed by atoms with E-state index < -0.39 is 73.2 Å². The van der Waals surface area contributed by atoms with E-state index in [9.17, 15) is 39.6 Å². The number of carbonyl (C=O) groups is 2. The highest BCUT2D eigenvalue weighted by atomic mass is 32.2. The lowest BCUT2D eigenvalue weighted by Gasteiger charge is -2.35. The second-order valence-electron chi connectivity index (χ2n) is 10.5. The van der Waals surface area contributed by atoms with Crippen molar-refractivity contribution in [3.05, 3.63) is 66.0 Å². The van der Waals surface area contributed by atoms with E-state index in [4.69, 9.17) is 9.47 Å². The molecule has 232 valence electrons. The van der Waals surface area contributed by atoms with E-state index in [-0.39, 0.29) is 22.8 Å². The van der Waals surface area contributed by atoms with Gasteiger partial charge in [-0.3, -0.25) is 19.0 Å². The molecule has 0 spiro atoms. The molecule has 0 unspecified atom stereocenters. The zero-order chi connectivity index (χ0) is 31.8. The minimum atomic E-state index is -4.82. The second kappa shape index (κ2) is 11.5. The zero-order valence-electron chi connectivity index (χ0n) is 23.0. The number of fused-ring (bicyclic) bond motifs is 1. The largest absolute Gasteiger partial charge is 0.486 e. The van der Waals surface area contributed by atoms with Crippen molar-refractivity contribution in [2.24, 2.45) is 0 Å². The number of nitrogens with one attached hydrogen (secondary N) is 2. The van der Waals surface area contributed by atoms with E-state index in [1.807, 2.05) is 4.72 Å². The smallest absolute Gasteiger partial charge is 0.416 e. The molecule has 4 rings (SSSR count). The van der Waals surface area contributed by atoms with Gasteiger partial charge in [-0.2, -0.15) is 18.3 Å². The summed E-state index contributed by atoms with van der Waals surface area (Å²) >= 11 is 0. The van der Waals surface area contributed by atoms with Gasteiger partial charge in [0.15, 0.2) is 0 Å². The van der Waals surface area contributed by atoms with Gasteiger partial charge in [0, 0.05) is 6.20 Å². The number of H-pyrrole nitrogens is 1. The van der Waals surface area contributed by atoms with Crippen molar-refractivity contribution >= 4 is 37.6 Å². The van der Waals surface area contributed by atoms with E-state index in [0.29, 0.717) is 11.6 Å². The number of halogens is 3. The zero-order valence-corrected chi connectivity index (χ0v) is 24.6. The summed E-state index contributed by atoms with van der Waals surface area (Å²) < 4.78 is 106. The van der Waals surface area contributed by atoms with Crippen LogP contribution in [0.3, 0.4) is 0 Å². The average molecular weight is 645 g/mol. The molecular formula is C26H27F3N4O8S2. The first-order chi connectivity index (χ1) is 19.8. The van der Waals surface area contributed by atoms with Crippen molar-refractivity contribution in [2.75, 3.05) is 10.8 Å². The van der Waals surface area contributed by atoms with E-state index in [2.05, 4.69) is 10.2 Å². The fourth-order valence-corrected chi connectivity index (χ4v) is 6.59. The molecule has 1 amide bonds. The number of benzene rings is 2. The lowest BCUT2D eigenvalue weighted by Crippen LogP contribution is -2.46. The van der Waals surface area contributed by atoms with Gasteiger partial charge < -0.3 is 9.47 Å². The number of aromatic amines is 1. The standard InChI is InChI=1S/C26H27F3N4O8S2/c1-25(2,3)41-24(35)10-16-7-8-22-21(9-16)33(43(38,39)19-6-4-5-17(11-19)26(27,28)29)15-18(40-22)12-23(34)32-42(36,37)20-13-30-31-14-20/h4-9,11,13-14,18H,10,12,15H2,1-3H3,(H,30,31)(H,32,34)/t18-/m0/s1. The highest BCUT2D eigenvalue weighted by Crippen LogP contribution is 2.39. The molecule has 43 heavy (non-hydrogen) atoms. The molecule has 1 atom stereocenters. The maximum atomic E-state index is 13.8. The summed E-state index contributed by atoms with van der Waals surface area (Å²) in [6, 6.07) is 7.27. The molecule has 2 N–H and O–H groups in total. The Labute approximate surface area is 245 Å². The quantitative estimate of drug-likeness (QED) is 0.351. The number of carbonyl (C=O) groups excluding carboxylic acids is 2. The van der Waals surface area contributed by atoms with Crippen molar-refractivity contribution in [2.45, 2.75) is 61.3 Å². The normalized spacial score (nSPS) is 15.8. The number of aromatic nitrogens is 2. The SMILES string of the molecule is CC(C)(C)OC(=O)Cc1ccc2c(c1)N(S(=O)(=O)c1cccc(C(F)(F)F)c1)C[C@H](CC(=O)NS(=O)(=O)c1cn[nH]c1)O2. The van der Waals surface area contributed by atoms with Gasteiger partial charge in [0.1, 0.15) is 22.4 Å². The number of anilines is 1. The molecule has 1 aromatic heterocycles. The molecule has 3 aromatic rings. The van der Waals surface area contributed by atoms with E-state index in [0.717, 1.165) is 34.9 Å². The Morgan fingerprint density at radius 3 is 2.44 bits per heavy atom. The summed E-state index contributed by atoms with van der Waals surface area (Å²) in [6.45, 7) is 4.45. The van der Waals surface area contributed by atoms with Crippen LogP contribution in [-0.2, 0) is 47.0 Å². The van der Waals surface area contributed by atoms with E-state index in [1.54, 1.807) is 20.8 Å². The molecular weight excluding hydrogens is 617 g/mol.